The van der Waals surface area contributed by atoms with Gasteiger partial charge in [0.15, 0.2) is 4.34 Å². The van der Waals surface area contributed by atoms with E-state index in [1.807, 2.05) is 31.2 Å². The van der Waals surface area contributed by atoms with Crippen molar-refractivity contribution in [2.45, 2.75) is 69.0 Å². The van der Waals surface area contributed by atoms with Gasteiger partial charge in [0.25, 0.3) is 5.78 Å². The summed E-state index contributed by atoms with van der Waals surface area (Å²) in [5.74, 6) is 0.244. The molecular formula is C36H39N3O5S2. The first-order chi connectivity index (χ1) is 22.4. The number of ether oxygens (including phenoxy) is 2. The van der Waals surface area contributed by atoms with Gasteiger partial charge in [-0.15, -0.1) is 10.2 Å². The first kappa shape index (κ1) is 33.2. The highest BCUT2D eigenvalue weighted by Gasteiger charge is 2.48. The van der Waals surface area contributed by atoms with Crippen LogP contribution in [0.15, 0.2) is 82.7 Å². The molecule has 1 saturated heterocycles. The van der Waals surface area contributed by atoms with Crippen molar-refractivity contribution < 1.29 is 24.2 Å². The molecule has 1 aliphatic rings. The molecule has 1 fully saturated rings. The highest BCUT2D eigenvalue weighted by atomic mass is 32.2. The standard InChI is InChI=1S/C36H39N3O5S2/c1-4-6-8-22-44-28-17-13-26(14-18-28)31-30(32(40)27-15-19-29(20-16-27)43-21-7-5-2)33(41)34(42)39(31)35-37-38-36(46-35)45-23-25-11-9-24(3)10-12-25/h9-20,31,40H,4-8,21-23H2,1-3H3. The number of aryl methyl sites for hydroxylation is 1. The summed E-state index contributed by atoms with van der Waals surface area (Å²) in [6.07, 6.45) is 5.11. The van der Waals surface area contributed by atoms with Gasteiger partial charge in [0.1, 0.15) is 17.3 Å². The van der Waals surface area contributed by atoms with Gasteiger partial charge in [0, 0.05) is 11.3 Å². The second-order valence-electron chi connectivity index (χ2n) is 11.1. The number of aliphatic hydroxyl groups excluding tert-OH is 1. The number of anilines is 1. The Morgan fingerprint density at radius 3 is 2.13 bits per heavy atom. The Morgan fingerprint density at radius 1 is 0.848 bits per heavy atom. The van der Waals surface area contributed by atoms with E-state index in [1.165, 1.54) is 33.6 Å². The van der Waals surface area contributed by atoms with Gasteiger partial charge in [-0.25, -0.2) is 0 Å². The van der Waals surface area contributed by atoms with Crippen LogP contribution in [0.2, 0.25) is 0 Å². The number of carbonyl (C=O) groups is 2. The summed E-state index contributed by atoms with van der Waals surface area (Å²) in [4.78, 5) is 28.6. The Balaban J connectivity index is 1.46. The number of benzene rings is 3. The molecule has 1 aromatic heterocycles. The van der Waals surface area contributed by atoms with Crippen LogP contribution in [0.3, 0.4) is 0 Å². The van der Waals surface area contributed by atoms with Gasteiger partial charge in [-0.3, -0.25) is 14.5 Å². The number of aromatic nitrogens is 2. The molecule has 1 N–H and O–H groups in total. The molecule has 3 aromatic carbocycles. The average molecular weight is 658 g/mol. The van der Waals surface area contributed by atoms with Gasteiger partial charge in [-0.2, -0.15) is 0 Å². The van der Waals surface area contributed by atoms with Crippen molar-refractivity contribution in [2.75, 3.05) is 18.1 Å². The Hall–Kier alpha value is -4.15. The molecule has 0 saturated carbocycles. The number of ketones is 1. The zero-order chi connectivity index (χ0) is 32.5. The van der Waals surface area contributed by atoms with Gasteiger partial charge >= 0.3 is 5.91 Å². The van der Waals surface area contributed by atoms with Crippen LogP contribution in [-0.4, -0.2) is 40.2 Å². The van der Waals surface area contributed by atoms with Crippen LogP contribution in [0.4, 0.5) is 5.13 Å². The number of rotatable bonds is 15. The molecule has 46 heavy (non-hydrogen) atoms. The minimum absolute atomic E-state index is 0.00896. The second kappa shape index (κ2) is 15.9. The van der Waals surface area contributed by atoms with Crippen LogP contribution in [0.25, 0.3) is 5.76 Å². The molecule has 4 aromatic rings. The summed E-state index contributed by atoms with van der Waals surface area (Å²) in [6, 6.07) is 21.6. The number of Topliss-reactive ketones (excluding diaryl/α,β-unsaturated/α-hetero) is 1. The molecule has 0 aliphatic carbocycles. The molecule has 10 heteroatoms. The predicted octanol–water partition coefficient (Wildman–Crippen LogP) is 8.51. The van der Waals surface area contributed by atoms with Crippen LogP contribution in [0, 0.1) is 6.92 Å². The fourth-order valence-electron chi connectivity index (χ4n) is 5.02. The Bertz CT molecular complexity index is 1650. The third kappa shape index (κ3) is 7.97. The normalized spacial score (nSPS) is 15.8. The zero-order valence-electron chi connectivity index (χ0n) is 26.4. The number of nitrogens with zero attached hydrogens (tertiary/aromatic N) is 3. The first-order valence-corrected chi connectivity index (χ1v) is 17.5. The topological polar surface area (TPSA) is 102 Å². The summed E-state index contributed by atoms with van der Waals surface area (Å²) >= 11 is 2.76. The molecule has 240 valence electrons. The maximum Gasteiger partial charge on any atom is 0.301 e. The highest BCUT2D eigenvalue weighted by molar-refractivity contribution is 8.00. The molecule has 1 unspecified atom stereocenters. The van der Waals surface area contributed by atoms with E-state index >= 15 is 0 Å². The molecule has 1 amide bonds. The van der Waals surface area contributed by atoms with Crippen LogP contribution in [-0.2, 0) is 15.3 Å². The van der Waals surface area contributed by atoms with Crippen molar-refractivity contribution in [1.29, 1.82) is 0 Å². The monoisotopic (exact) mass is 657 g/mol. The average Bonchev–Trinajstić information content (AvgIpc) is 3.65. The van der Waals surface area contributed by atoms with Crippen LogP contribution >= 0.6 is 23.1 Å². The van der Waals surface area contributed by atoms with Crippen LogP contribution in [0.5, 0.6) is 11.5 Å². The lowest BCUT2D eigenvalue weighted by Gasteiger charge is -2.22. The van der Waals surface area contributed by atoms with Gasteiger partial charge in [-0.1, -0.05) is 98.2 Å². The molecule has 0 radical (unpaired) electrons. The summed E-state index contributed by atoms with van der Waals surface area (Å²) in [5, 5.41) is 20.5. The lowest BCUT2D eigenvalue weighted by molar-refractivity contribution is -0.132. The Kier molecular flexibility index (Phi) is 11.5. The molecule has 0 bridgehead atoms. The van der Waals surface area contributed by atoms with E-state index in [-0.39, 0.29) is 16.5 Å². The smallest absolute Gasteiger partial charge is 0.301 e. The number of carbonyl (C=O) groups excluding carboxylic acids is 2. The molecule has 5 rings (SSSR count). The van der Waals surface area contributed by atoms with Crippen molar-refractivity contribution in [1.82, 2.24) is 10.2 Å². The lowest BCUT2D eigenvalue weighted by Crippen LogP contribution is -2.29. The molecule has 1 atom stereocenters. The highest BCUT2D eigenvalue weighted by Crippen LogP contribution is 2.44. The van der Waals surface area contributed by atoms with Crippen molar-refractivity contribution in [3.8, 4) is 11.5 Å². The number of unbranched alkanes of at least 4 members (excludes halogenated alkanes) is 3. The molecule has 2 heterocycles. The van der Waals surface area contributed by atoms with Crippen molar-refractivity contribution in [2.24, 2.45) is 0 Å². The van der Waals surface area contributed by atoms with Crippen molar-refractivity contribution >= 4 is 45.7 Å². The number of hydrogen-bond acceptors (Lipinski definition) is 9. The SMILES string of the molecule is CCCCCOc1ccc(C2C(=C(O)c3ccc(OCCCC)cc3)C(=O)C(=O)N2c2nnc(SCc3ccc(C)cc3)s2)cc1. The van der Waals surface area contributed by atoms with E-state index in [0.717, 1.165) is 37.7 Å². The van der Waals surface area contributed by atoms with E-state index in [1.54, 1.807) is 24.3 Å². The van der Waals surface area contributed by atoms with E-state index in [2.05, 4.69) is 48.3 Å². The molecule has 0 spiro atoms. The quantitative estimate of drug-likeness (QED) is 0.0339. The first-order valence-electron chi connectivity index (χ1n) is 15.7. The number of thioether (sulfide) groups is 1. The van der Waals surface area contributed by atoms with E-state index in [9.17, 15) is 14.7 Å². The maximum absolute atomic E-state index is 13.6. The fraction of sp³-hybridized carbons (Fsp3) is 0.333. The van der Waals surface area contributed by atoms with Gasteiger partial charge in [-0.05, 0) is 67.3 Å². The van der Waals surface area contributed by atoms with Crippen molar-refractivity contribution in [3.05, 3.63) is 101 Å². The van der Waals surface area contributed by atoms with Crippen LogP contribution in [0.1, 0.15) is 74.2 Å². The van der Waals surface area contributed by atoms with Crippen LogP contribution < -0.4 is 14.4 Å². The lowest BCUT2D eigenvalue weighted by atomic mass is 9.95. The zero-order valence-corrected chi connectivity index (χ0v) is 28.0. The second-order valence-corrected chi connectivity index (χ2v) is 13.3. The predicted molar refractivity (Wildman–Crippen MR) is 184 cm³/mol. The Morgan fingerprint density at radius 2 is 1.48 bits per heavy atom. The van der Waals surface area contributed by atoms with Crippen molar-refractivity contribution in [3.63, 3.8) is 0 Å². The summed E-state index contributed by atoms with van der Waals surface area (Å²) in [6.45, 7) is 7.49. The molecule has 8 nitrogen and oxygen atoms in total. The third-order valence-corrected chi connectivity index (χ3v) is 9.76. The third-order valence-electron chi connectivity index (χ3n) is 7.64. The number of aliphatic hydroxyl groups is 1. The van der Waals surface area contributed by atoms with E-state index in [0.29, 0.717) is 45.9 Å². The number of amides is 1. The maximum atomic E-state index is 13.6. The summed E-state index contributed by atoms with van der Waals surface area (Å²) < 4.78 is 12.3. The summed E-state index contributed by atoms with van der Waals surface area (Å²) in [5.41, 5.74) is 3.38. The number of hydrogen-bond donors (Lipinski definition) is 1. The largest absolute Gasteiger partial charge is 0.507 e. The molecular weight excluding hydrogens is 619 g/mol. The Labute approximate surface area is 278 Å². The van der Waals surface area contributed by atoms with Gasteiger partial charge < -0.3 is 14.6 Å². The minimum Gasteiger partial charge on any atom is -0.507 e. The minimum atomic E-state index is -0.905. The van der Waals surface area contributed by atoms with E-state index < -0.39 is 17.7 Å². The van der Waals surface area contributed by atoms with E-state index in [4.69, 9.17) is 9.47 Å². The van der Waals surface area contributed by atoms with Gasteiger partial charge in [0.2, 0.25) is 5.13 Å². The van der Waals surface area contributed by atoms with Gasteiger partial charge in [0.05, 0.1) is 24.8 Å². The summed E-state index contributed by atoms with van der Waals surface area (Å²) in [7, 11) is 0. The molecule has 1 aliphatic heterocycles. The fourth-order valence-corrected chi connectivity index (χ4v) is 6.84.